The minimum absolute atomic E-state index is 0.137. The monoisotopic (exact) mass is 368 g/mol. The summed E-state index contributed by atoms with van der Waals surface area (Å²) < 4.78 is 0.991. The third-order valence-corrected chi connectivity index (χ3v) is 4.40. The molecular formula is C14H13BrN2O3S. The van der Waals surface area contributed by atoms with Crippen LogP contribution in [0.2, 0.25) is 0 Å². The van der Waals surface area contributed by atoms with Crippen LogP contribution in [0.25, 0.3) is 0 Å². The second kappa shape index (κ2) is 6.73. The van der Waals surface area contributed by atoms with Gasteiger partial charge in [0.25, 0.3) is 0 Å². The molecule has 2 rings (SSSR count). The molecule has 21 heavy (non-hydrogen) atoms. The number of aromatic carboxylic acids is 1. The Balaban J connectivity index is 2.00. The van der Waals surface area contributed by atoms with E-state index >= 15 is 0 Å². The second-order valence-electron chi connectivity index (χ2n) is 4.40. The van der Waals surface area contributed by atoms with E-state index in [0.717, 1.165) is 9.35 Å². The van der Waals surface area contributed by atoms with Crippen molar-refractivity contribution >= 4 is 45.0 Å². The largest absolute Gasteiger partial charge is 0.478 e. The Morgan fingerprint density at radius 3 is 2.76 bits per heavy atom. The van der Waals surface area contributed by atoms with Crippen LogP contribution in [-0.4, -0.2) is 29.1 Å². The summed E-state index contributed by atoms with van der Waals surface area (Å²) in [5.41, 5.74) is 0.594. The fourth-order valence-electron chi connectivity index (χ4n) is 1.69. The van der Waals surface area contributed by atoms with Crippen molar-refractivity contribution in [1.29, 1.82) is 0 Å². The van der Waals surface area contributed by atoms with E-state index in [1.165, 1.54) is 17.0 Å². The summed E-state index contributed by atoms with van der Waals surface area (Å²) >= 11 is 4.93. The molecule has 0 spiro atoms. The van der Waals surface area contributed by atoms with E-state index in [0.29, 0.717) is 12.2 Å². The minimum atomic E-state index is -1.03. The molecule has 0 aliphatic carbocycles. The van der Waals surface area contributed by atoms with Crippen LogP contribution in [0.15, 0.2) is 40.2 Å². The number of carboxylic acid groups (broad SMARTS) is 1. The van der Waals surface area contributed by atoms with E-state index < -0.39 is 5.97 Å². The fraction of sp³-hybridized carbons (Fsp3) is 0.143. The number of rotatable bonds is 4. The van der Waals surface area contributed by atoms with Crippen molar-refractivity contribution in [2.24, 2.45) is 0 Å². The predicted molar refractivity (Wildman–Crippen MR) is 85.9 cm³/mol. The Bertz CT molecular complexity index is 672. The van der Waals surface area contributed by atoms with Crippen molar-refractivity contribution in [3.05, 3.63) is 50.6 Å². The lowest BCUT2D eigenvalue weighted by molar-refractivity contribution is 0.0697. The standard InChI is InChI=1S/C14H13BrN2O3S/c1-17(7-12-6-10(15)8-21-12)14(20)16-11-4-2-3-9(5-11)13(18)19/h2-6,8H,7H2,1H3,(H,16,20)(H,18,19). The molecule has 5 nitrogen and oxygen atoms in total. The van der Waals surface area contributed by atoms with Crippen molar-refractivity contribution in [1.82, 2.24) is 4.90 Å². The quantitative estimate of drug-likeness (QED) is 0.860. The number of thiophene rings is 1. The third-order valence-electron chi connectivity index (χ3n) is 2.72. The van der Waals surface area contributed by atoms with E-state index in [2.05, 4.69) is 21.2 Å². The zero-order valence-electron chi connectivity index (χ0n) is 11.2. The van der Waals surface area contributed by atoms with Gasteiger partial charge in [-0.15, -0.1) is 11.3 Å². The molecule has 0 aliphatic heterocycles. The number of hydrogen-bond donors (Lipinski definition) is 2. The molecular weight excluding hydrogens is 356 g/mol. The van der Waals surface area contributed by atoms with Crippen LogP contribution in [0.3, 0.4) is 0 Å². The van der Waals surface area contributed by atoms with Crippen LogP contribution in [0, 0.1) is 0 Å². The lowest BCUT2D eigenvalue weighted by Crippen LogP contribution is -2.30. The van der Waals surface area contributed by atoms with Crippen LogP contribution in [0.1, 0.15) is 15.2 Å². The van der Waals surface area contributed by atoms with Crippen LogP contribution in [0.5, 0.6) is 0 Å². The molecule has 2 amide bonds. The van der Waals surface area contributed by atoms with E-state index in [1.54, 1.807) is 30.5 Å². The van der Waals surface area contributed by atoms with Crippen molar-refractivity contribution < 1.29 is 14.7 Å². The normalized spacial score (nSPS) is 10.2. The van der Waals surface area contributed by atoms with Gasteiger partial charge in [0.2, 0.25) is 0 Å². The lowest BCUT2D eigenvalue weighted by Gasteiger charge is -2.17. The summed E-state index contributed by atoms with van der Waals surface area (Å²) in [6.45, 7) is 0.487. The number of halogens is 1. The predicted octanol–water partition coefficient (Wildman–Crippen LogP) is 3.87. The first kappa shape index (κ1) is 15.5. The average Bonchev–Trinajstić information content (AvgIpc) is 2.84. The van der Waals surface area contributed by atoms with E-state index in [-0.39, 0.29) is 11.6 Å². The zero-order chi connectivity index (χ0) is 15.4. The molecule has 110 valence electrons. The Labute approximate surface area is 134 Å². The van der Waals surface area contributed by atoms with Crippen LogP contribution >= 0.6 is 27.3 Å². The number of carbonyl (C=O) groups excluding carboxylic acids is 1. The molecule has 0 saturated heterocycles. The van der Waals surface area contributed by atoms with Gasteiger partial charge in [0.05, 0.1) is 12.1 Å². The zero-order valence-corrected chi connectivity index (χ0v) is 13.6. The summed E-state index contributed by atoms with van der Waals surface area (Å²) in [6, 6.07) is 7.82. The van der Waals surface area contributed by atoms with Gasteiger partial charge in [-0.05, 0) is 40.2 Å². The Morgan fingerprint density at radius 2 is 2.14 bits per heavy atom. The van der Waals surface area contributed by atoms with Gasteiger partial charge in [-0.2, -0.15) is 0 Å². The number of urea groups is 1. The van der Waals surface area contributed by atoms with Crippen molar-refractivity contribution in [3.63, 3.8) is 0 Å². The molecule has 0 saturated carbocycles. The maximum absolute atomic E-state index is 12.1. The average molecular weight is 369 g/mol. The maximum Gasteiger partial charge on any atom is 0.335 e. The van der Waals surface area contributed by atoms with Crippen LogP contribution in [0.4, 0.5) is 10.5 Å². The molecule has 0 atom stereocenters. The number of anilines is 1. The Hall–Kier alpha value is -1.86. The molecule has 1 aromatic heterocycles. The topological polar surface area (TPSA) is 69.6 Å². The van der Waals surface area contributed by atoms with Gasteiger partial charge in [0.15, 0.2) is 0 Å². The van der Waals surface area contributed by atoms with Gasteiger partial charge in [0, 0.05) is 27.5 Å². The van der Waals surface area contributed by atoms with Gasteiger partial charge < -0.3 is 15.3 Å². The minimum Gasteiger partial charge on any atom is -0.478 e. The number of carboxylic acids is 1. The van der Waals surface area contributed by atoms with E-state index in [4.69, 9.17) is 5.11 Å². The van der Waals surface area contributed by atoms with Crippen molar-refractivity contribution in [3.8, 4) is 0 Å². The lowest BCUT2D eigenvalue weighted by atomic mass is 10.2. The number of hydrogen-bond acceptors (Lipinski definition) is 3. The highest BCUT2D eigenvalue weighted by Crippen LogP contribution is 2.21. The van der Waals surface area contributed by atoms with Gasteiger partial charge in [0.1, 0.15) is 0 Å². The van der Waals surface area contributed by atoms with Crippen LogP contribution < -0.4 is 5.32 Å². The van der Waals surface area contributed by atoms with E-state index in [9.17, 15) is 9.59 Å². The van der Waals surface area contributed by atoms with E-state index in [1.807, 2.05) is 11.4 Å². The summed E-state index contributed by atoms with van der Waals surface area (Å²) in [7, 11) is 1.68. The molecule has 2 aromatic rings. The Morgan fingerprint density at radius 1 is 1.38 bits per heavy atom. The first-order chi connectivity index (χ1) is 9.95. The SMILES string of the molecule is CN(Cc1cc(Br)cs1)C(=O)Nc1cccc(C(=O)O)c1. The molecule has 2 N–H and O–H groups in total. The number of carbonyl (C=O) groups is 2. The number of amides is 2. The molecule has 0 unspecified atom stereocenters. The summed E-state index contributed by atoms with van der Waals surface area (Å²) in [6.07, 6.45) is 0. The van der Waals surface area contributed by atoms with Gasteiger partial charge in [-0.1, -0.05) is 6.07 Å². The number of benzene rings is 1. The molecule has 7 heteroatoms. The maximum atomic E-state index is 12.1. The first-order valence-corrected chi connectivity index (χ1v) is 7.71. The third kappa shape index (κ3) is 4.30. The second-order valence-corrected chi connectivity index (χ2v) is 6.31. The summed E-state index contributed by atoms with van der Waals surface area (Å²) in [5, 5.41) is 13.6. The fourth-order valence-corrected chi connectivity index (χ4v) is 3.19. The molecule has 0 aliphatic rings. The summed E-state index contributed by atoms with van der Waals surface area (Å²) in [5.74, 6) is -1.03. The molecule has 0 fully saturated rings. The number of nitrogens with zero attached hydrogens (tertiary/aromatic N) is 1. The first-order valence-electron chi connectivity index (χ1n) is 6.04. The van der Waals surface area contributed by atoms with Crippen LogP contribution in [-0.2, 0) is 6.54 Å². The smallest absolute Gasteiger partial charge is 0.335 e. The van der Waals surface area contributed by atoms with Crippen molar-refractivity contribution in [2.45, 2.75) is 6.54 Å². The summed E-state index contributed by atoms with van der Waals surface area (Å²) in [4.78, 5) is 25.5. The highest BCUT2D eigenvalue weighted by Gasteiger charge is 2.11. The molecule has 1 aromatic carbocycles. The molecule has 0 radical (unpaired) electrons. The van der Waals surface area contributed by atoms with Crippen molar-refractivity contribution in [2.75, 3.05) is 12.4 Å². The molecule has 0 bridgehead atoms. The Kier molecular flexibility index (Phi) is 4.98. The highest BCUT2D eigenvalue weighted by atomic mass is 79.9. The van der Waals surface area contributed by atoms with Gasteiger partial charge in [-0.3, -0.25) is 0 Å². The molecule has 1 heterocycles. The van der Waals surface area contributed by atoms with Gasteiger partial charge in [-0.25, -0.2) is 9.59 Å². The number of nitrogens with one attached hydrogen (secondary N) is 1. The highest BCUT2D eigenvalue weighted by molar-refractivity contribution is 9.10. The van der Waals surface area contributed by atoms with Gasteiger partial charge >= 0.3 is 12.0 Å².